The molecule has 0 fully saturated rings. The van der Waals surface area contributed by atoms with Gasteiger partial charge in [0.25, 0.3) is 0 Å². The number of hydrogen-bond acceptors (Lipinski definition) is 5. The summed E-state index contributed by atoms with van der Waals surface area (Å²) in [5.41, 5.74) is 0.623. The van der Waals surface area contributed by atoms with Crippen LogP contribution in [0.5, 0.6) is 5.75 Å². The van der Waals surface area contributed by atoms with E-state index in [-0.39, 0.29) is 5.76 Å². The van der Waals surface area contributed by atoms with Crippen LogP contribution in [0, 0.1) is 0 Å². The Labute approximate surface area is 137 Å². The molecule has 0 spiro atoms. The Bertz CT molecular complexity index is 631. The Hall–Kier alpha value is -2.01. The standard InChI is InChI=1S/C18H25NO4/c1-4-19(5-2)10-6-7-11-22-18(20)17-12-14-8-9-15(21-3)13-16(14)23-17/h8-9,12-13H,4-7,10-11H2,1-3H3. The van der Waals surface area contributed by atoms with E-state index in [0.717, 1.165) is 37.9 Å². The van der Waals surface area contributed by atoms with Gasteiger partial charge in [0.2, 0.25) is 5.76 Å². The van der Waals surface area contributed by atoms with Crippen LogP contribution in [-0.2, 0) is 4.74 Å². The average molecular weight is 319 g/mol. The number of esters is 1. The highest BCUT2D eigenvalue weighted by atomic mass is 16.5. The summed E-state index contributed by atoms with van der Waals surface area (Å²) in [6.07, 6.45) is 1.88. The summed E-state index contributed by atoms with van der Waals surface area (Å²) in [4.78, 5) is 14.4. The summed E-state index contributed by atoms with van der Waals surface area (Å²) < 4.78 is 16.0. The van der Waals surface area contributed by atoms with Crippen molar-refractivity contribution >= 4 is 16.9 Å². The second-order valence-corrected chi connectivity index (χ2v) is 5.38. The largest absolute Gasteiger partial charge is 0.497 e. The van der Waals surface area contributed by atoms with Gasteiger partial charge in [0.05, 0.1) is 13.7 Å². The van der Waals surface area contributed by atoms with Gasteiger partial charge in [0.1, 0.15) is 11.3 Å². The van der Waals surface area contributed by atoms with E-state index in [9.17, 15) is 4.79 Å². The van der Waals surface area contributed by atoms with Crippen molar-refractivity contribution in [1.82, 2.24) is 4.90 Å². The molecule has 1 aromatic heterocycles. The quantitative estimate of drug-likeness (QED) is 0.521. The molecule has 23 heavy (non-hydrogen) atoms. The Morgan fingerprint density at radius 2 is 1.96 bits per heavy atom. The Balaban J connectivity index is 1.81. The molecule has 126 valence electrons. The lowest BCUT2D eigenvalue weighted by atomic mass is 10.2. The average Bonchev–Trinajstić information content (AvgIpc) is 3.01. The van der Waals surface area contributed by atoms with Crippen molar-refractivity contribution in [3.8, 4) is 5.75 Å². The van der Waals surface area contributed by atoms with Gasteiger partial charge in [0.15, 0.2) is 0 Å². The molecular formula is C18H25NO4. The van der Waals surface area contributed by atoms with Gasteiger partial charge in [-0.05, 0) is 50.7 Å². The summed E-state index contributed by atoms with van der Waals surface area (Å²) in [5.74, 6) is 0.517. The van der Waals surface area contributed by atoms with E-state index in [0.29, 0.717) is 17.9 Å². The van der Waals surface area contributed by atoms with Gasteiger partial charge < -0.3 is 18.8 Å². The van der Waals surface area contributed by atoms with Crippen LogP contribution in [0.1, 0.15) is 37.2 Å². The van der Waals surface area contributed by atoms with Crippen molar-refractivity contribution in [3.63, 3.8) is 0 Å². The third-order valence-corrected chi connectivity index (χ3v) is 3.92. The Morgan fingerprint density at radius 1 is 1.17 bits per heavy atom. The molecule has 5 heteroatoms. The zero-order valence-electron chi connectivity index (χ0n) is 14.1. The number of furan rings is 1. The number of methoxy groups -OCH3 is 1. The molecule has 0 aliphatic heterocycles. The minimum Gasteiger partial charge on any atom is -0.497 e. The number of ether oxygens (including phenoxy) is 2. The minimum atomic E-state index is -0.414. The number of carbonyl (C=O) groups is 1. The number of unbranched alkanes of at least 4 members (excludes halogenated alkanes) is 1. The van der Waals surface area contributed by atoms with Gasteiger partial charge in [-0.15, -0.1) is 0 Å². The topological polar surface area (TPSA) is 51.9 Å². The summed E-state index contributed by atoms with van der Waals surface area (Å²) in [6, 6.07) is 7.15. The fraction of sp³-hybridized carbons (Fsp3) is 0.500. The summed E-state index contributed by atoms with van der Waals surface area (Å²) in [7, 11) is 1.59. The third kappa shape index (κ3) is 4.73. The first-order chi connectivity index (χ1) is 11.2. The van der Waals surface area contributed by atoms with Crippen molar-refractivity contribution in [2.24, 2.45) is 0 Å². The molecule has 1 aromatic carbocycles. The van der Waals surface area contributed by atoms with Gasteiger partial charge in [-0.25, -0.2) is 4.79 Å². The number of benzene rings is 1. The Kier molecular flexibility index (Phi) is 6.47. The summed E-state index contributed by atoms with van der Waals surface area (Å²) in [5, 5.41) is 0.860. The SMILES string of the molecule is CCN(CC)CCCCOC(=O)c1cc2ccc(OC)cc2o1. The zero-order chi connectivity index (χ0) is 16.7. The third-order valence-electron chi connectivity index (χ3n) is 3.92. The molecule has 5 nitrogen and oxygen atoms in total. The predicted molar refractivity (Wildman–Crippen MR) is 90.1 cm³/mol. The molecule has 1 heterocycles. The fourth-order valence-corrected chi connectivity index (χ4v) is 2.45. The van der Waals surface area contributed by atoms with Crippen molar-refractivity contribution in [1.29, 1.82) is 0 Å². The van der Waals surface area contributed by atoms with Crippen LogP contribution in [0.15, 0.2) is 28.7 Å². The van der Waals surface area contributed by atoms with Crippen LogP contribution in [0.4, 0.5) is 0 Å². The lowest BCUT2D eigenvalue weighted by molar-refractivity contribution is 0.0462. The van der Waals surface area contributed by atoms with Crippen LogP contribution >= 0.6 is 0 Å². The number of nitrogens with zero attached hydrogens (tertiary/aromatic N) is 1. The summed E-state index contributed by atoms with van der Waals surface area (Å²) >= 11 is 0. The van der Waals surface area contributed by atoms with Crippen molar-refractivity contribution in [3.05, 3.63) is 30.0 Å². The highest BCUT2D eigenvalue weighted by Gasteiger charge is 2.14. The molecule has 0 amide bonds. The first-order valence-electron chi connectivity index (χ1n) is 8.15. The zero-order valence-corrected chi connectivity index (χ0v) is 14.1. The van der Waals surface area contributed by atoms with Crippen molar-refractivity contribution < 1.29 is 18.7 Å². The maximum Gasteiger partial charge on any atom is 0.374 e. The lowest BCUT2D eigenvalue weighted by Crippen LogP contribution is -2.24. The Morgan fingerprint density at radius 3 is 2.65 bits per heavy atom. The van der Waals surface area contributed by atoms with Gasteiger partial charge in [-0.3, -0.25) is 0 Å². The number of carbonyl (C=O) groups excluding carboxylic acids is 1. The van der Waals surface area contributed by atoms with Crippen molar-refractivity contribution in [2.75, 3.05) is 33.4 Å². The normalized spacial score (nSPS) is 11.1. The maximum absolute atomic E-state index is 12.0. The molecule has 0 N–H and O–H groups in total. The van der Waals surface area contributed by atoms with E-state index in [1.165, 1.54) is 0 Å². The molecule has 0 aliphatic rings. The first-order valence-corrected chi connectivity index (χ1v) is 8.15. The molecule has 0 radical (unpaired) electrons. The number of hydrogen-bond donors (Lipinski definition) is 0. The molecule has 0 aliphatic carbocycles. The van der Waals surface area contributed by atoms with Crippen LogP contribution in [0.2, 0.25) is 0 Å². The van der Waals surface area contributed by atoms with Gasteiger partial charge in [-0.1, -0.05) is 13.8 Å². The number of rotatable bonds is 9. The fourth-order valence-electron chi connectivity index (χ4n) is 2.45. The van der Waals surface area contributed by atoms with Gasteiger partial charge in [0, 0.05) is 11.5 Å². The lowest BCUT2D eigenvalue weighted by Gasteiger charge is -2.17. The first kappa shape index (κ1) is 17.3. The molecule has 0 bridgehead atoms. The molecule has 0 saturated carbocycles. The highest BCUT2D eigenvalue weighted by molar-refractivity contribution is 5.92. The smallest absolute Gasteiger partial charge is 0.374 e. The highest BCUT2D eigenvalue weighted by Crippen LogP contribution is 2.24. The van der Waals surface area contributed by atoms with E-state index in [2.05, 4.69) is 18.7 Å². The van der Waals surface area contributed by atoms with Crippen LogP contribution < -0.4 is 4.74 Å². The molecule has 2 aromatic rings. The van der Waals surface area contributed by atoms with E-state index in [4.69, 9.17) is 13.9 Å². The van der Waals surface area contributed by atoms with E-state index in [1.807, 2.05) is 12.1 Å². The maximum atomic E-state index is 12.0. The molecular weight excluding hydrogens is 294 g/mol. The minimum absolute atomic E-state index is 0.233. The summed E-state index contributed by atoms with van der Waals surface area (Å²) in [6.45, 7) is 7.87. The van der Waals surface area contributed by atoms with Crippen LogP contribution in [0.3, 0.4) is 0 Å². The molecule has 0 atom stereocenters. The van der Waals surface area contributed by atoms with Gasteiger partial charge >= 0.3 is 5.97 Å². The van der Waals surface area contributed by atoms with Crippen molar-refractivity contribution in [2.45, 2.75) is 26.7 Å². The van der Waals surface area contributed by atoms with E-state index in [1.54, 1.807) is 19.2 Å². The number of fused-ring (bicyclic) bond motifs is 1. The van der Waals surface area contributed by atoms with E-state index >= 15 is 0 Å². The molecule has 0 saturated heterocycles. The predicted octanol–water partition coefficient (Wildman–Crippen LogP) is 3.72. The molecule has 0 unspecified atom stereocenters. The molecule has 2 rings (SSSR count). The monoisotopic (exact) mass is 319 g/mol. The van der Waals surface area contributed by atoms with Crippen LogP contribution in [-0.4, -0.2) is 44.2 Å². The second-order valence-electron chi connectivity index (χ2n) is 5.38. The second kappa shape index (κ2) is 8.58. The van der Waals surface area contributed by atoms with Gasteiger partial charge in [-0.2, -0.15) is 0 Å². The van der Waals surface area contributed by atoms with Crippen LogP contribution in [0.25, 0.3) is 11.0 Å². The van der Waals surface area contributed by atoms with E-state index < -0.39 is 5.97 Å².